The molecule has 9 aromatic rings. The van der Waals surface area contributed by atoms with Crippen LogP contribution in [0.15, 0.2) is 206 Å². The first kappa shape index (κ1) is 36.0. The Morgan fingerprint density at radius 2 is 0.917 bits per heavy atom. The molecule has 0 bridgehead atoms. The minimum absolute atomic E-state index is 0.137. The maximum Gasteiger partial charge on any atom is 0.0618 e. The van der Waals surface area contributed by atoms with Crippen LogP contribution in [0.3, 0.4) is 0 Å². The van der Waals surface area contributed by atoms with Crippen LogP contribution < -0.4 is 9.80 Å². The molecule has 0 amide bonds. The van der Waals surface area contributed by atoms with E-state index in [1.54, 1.807) is 0 Å². The summed E-state index contributed by atoms with van der Waals surface area (Å²) in [5.41, 5.74) is 19.3. The maximum atomic E-state index is 2.56. The van der Waals surface area contributed by atoms with Crippen molar-refractivity contribution in [2.45, 2.75) is 38.5 Å². The van der Waals surface area contributed by atoms with Gasteiger partial charge in [0.1, 0.15) is 0 Å². The molecule has 2 aliphatic rings. The van der Waals surface area contributed by atoms with E-state index in [2.05, 4.69) is 244 Å². The number of benzene rings is 9. The number of nitrogens with zero attached hydrogens (tertiary/aromatic N) is 2. The molecule has 288 valence electrons. The highest BCUT2D eigenvalue weighted by Crippen LogP contribution is 2.57. The number of hydrogen-bond donors (Lipinski definition) is 0. The summed E-state index contributed by atoms with van der Waals surface area (Å²) in [6.45, 7) is 9.49. The summed E-state index contributed by atoms with van der Waals surface area (Å²) >= 11 is 0. The average molecular weight is 771 g/mol. The van der Waals surface area contributed by atoms with Gasteiger partial charge in [-0.05, 0) is 97.9 Å². The monoisotopic (exact) mass is 770 g/mol. The normalized spacial score (nSPS) is 14.2. The standard InChI is InChI=1S/C58H46N2/c1-57(2)50-27-14-13-26-48(50)49-34-31-44(37-53(49)57)59(43-24-17-23-42(36-43)39-18-7-5-8-19-39)45-32-35-52-55(38-45)60(54-29-16-15-28-51(54)58(52,3)4)56-46-25-12-11-22-41(46)30-33-47(56)40-20-9-6-10-21-40/h5-38H,1-4H3. The Hall–Kier alpha value is -7.16. The fourth-order valence-corrected chi connectivity index (χ4v) is 10.2. The molecule has 0 atom stereocenters. The number of rotatable bonds is 6. The highest BCUT2D eigenvalue weighted by molar-refractivity contribution is 6.08. The SMILES string of the molecule is CC1(C)c2ccccc2-c2ccc(N(c3cccc(-c4ccccc4)c3)c3ccc4c(c3)N(c3c(-c5ccccc5)ccc5ccccc35)c3ccccc3C4(C)C)cc21. The zero-order valence-corrected chi connectivity index (χ0v) is 34.5. The van der Waals surface area contributed by atoms with Gasteiger partial charge in [-0.25, -0.2) is 0 Å². The molecule has 0 radical (unpaired) electrons. The summed E-state index contributed by atoms with van der Waals surface area (Å²) in [5, 5.41) is 2.44. The molecule has 0 fully saturated rings. The third kappa shape index (κ3) is 5.55. The molecule has 2 nitrogen and oxygen atoms in total. The van der Waals surface area contributed by atoms with Gasteiger partial charge in [0.15, 0.2) is 0 Å². The first-order valence-corrected chi connectivity index (χ1v) is 21.1. The quantitative estimate of drug-likeness (QED) is 0.166. The highest BCUT2D eigenvalue weighted by Gasteiger charge is 2.39. The van der Waals surface area contributed by atoms with Crippen molar-refractivity contribution in [2.24, 2.45) is 0 Å². The molecular formula is C58H46N2. The van der Waals surface area contributed by atoms with E-state index in [4.69, 9.17) is 0 Å². The Bertz CT molecular complexity index is 3100. The van der Waals surface area contributed by atoms with E-state index < -0.39 is 0 Å². The van der Waals surface area contributed by atoms with Gasteiger partial charge in [0.25, 0.3) is 0 Å². The molecule has 0 saturated heterocycles. The lowest BCUT2D eigenvalue weighted by molar-refractivity contribution is 0.632. The summed E-state index contributed by atoms with van der Waals surface area (Å²) in [6.07, 6.45) is 0. The van der Waals surface area contributed by atoms with Gasteiger partial charge in [-0.15, -0.1) is 0 Å². The molecule has 11 rings (SSSR count). The molecule has 1 heterocycles. The van der Waals surface area contributed by atoms with Gasteiger partial charge in [-0.1, -0.05) is 191 Å². The lowest BCUT2D eigenvalue weighted by Gasteiger charge is -2.43. The van der Waals surface area contributed by atoms with E-state index in [0.29, 0.717) is 0 Å². The van der Waals surface area contributed by atoms with Crippen LogP contribution in [0.1, 0.15) is 49.9 Å². The van der Waals surface area contributed by atoms with E-state index in [0.717, 1.165) is 17.1 Å². The van der Waals surface area contributed by atoms with Crippen molar-refractivity contribution >= 4 is 44.9 Å². The van der Waals surface area contributed by atoms with Gasteiger partial charge in [-0.2, -0.15) is 0 Å². The van der Waals surface area contributed by atoms with Crippen LogP contribution in [-0.2, 0) is 10.8 Å². The van der Waals surface area contributed by atoms with E-state index in [-0.39, 0.29) is 10.8 Å². The van der Waals surface area contributed by atoms with E-state index >= 15 is 0 Å². The average Bonchev–Trinajstić information content (AvgIpc) is 3.52. The lowest BCUT2D eigenvalue weighted by atomic mass is 9.73. The van der Waals surface area contributed by atoms with Crippen molar-refractivity contribution in [3.8, 4) is 33.4 Å². The first-order valence-electron chi connectivity index (χ1n) is 21.1. The summed E-state index contributed by atoms with van der Waals surface area (Å²) < 4.78 is 0. The molecule has 1 aliphatic heterocycles. The summed E-state index contributed by atoms with van der Waals surface area (Å²) in [7, 11) is 0. The van der Waals surface area contributed by atoms with Crippen molar-refractivity contribution < 1.29 is 0 Å². The molecule has 2 heteroatoms. The van der Waals surface area contributed by atoms with E-state index in [1.807, 2.05) is 0 Å². The van der Waals surface area contributed by atoms with Gasteiger partial charge >= 0.3 is 0 Å². The number of hydrogen-bond acceptors (Lipinski definition) is 2. The Balaban J connectivity index is 1.18. The second-order valence-corrected chi connectivity index (χ2v) is 17.4. The molecule has 0 spiro atoms. The van der Waals surface area contributed by atoms with E-state index in [9.17, 15) is 0 Å². The van der Waals surface area contributed by atoms with Crippen LogP contribution in [0.25, 0.3) is 44.2 Å². The lowest BCUT2D eigenvalue weighted by Crippen LogP contribution is -2.31. The fourth-order valence-electron chi connectivity index (χ4n) is 10.2. The molecular weight excluding hydrogens is 725 g/mol. The molecule has 60 heavy (non-hydrogen) atoms. The van der Waals surface area contributed by atoms with Crippen LogP contribution >= 0.6 is 0 Å². The van der Waals surface area contributed by atoms with Crippen molar-refractivity contribution in [3.63, 3.8) is 0 Å². The maximum absolute atomic E-state index is 2.56. The van der Waals surface area contributed by atoms with Gasteiger partial charge in [0, 0.05) is 38.8 Å². The topological polar surface area (TPSA) is 6.48 Å². The minimum atomic E-state index is -0.250. The molecule has 9 aromatic carbocycles. The van der Waals surface area contributed by atoms with Crippen molar-refractivity contribution in [3.05, 3.63) is 229 Å². The molecule has 0 saturated carbocycles. The second kappa shape index (κ2) is 13.7. The molecule has 0 N–H and O–H groups in total. The van der Waals surface area contributed by atoms with Crippen molar-refractivity contribution in [2.75, 3.05) is 9.80 Å². The number of para-hydroxylation sites is 1. The zero-order chi connectivity index (χ0) is 40.6. The highest BCUT2D eigenvalue weighted by atomic mass is 15.2. The second-order valence-electron chi connectivity index (χ2n) is 17.4. The summed E-state index contributed by atoms with van der Waals surface area (Å²) in [5.74, 6) is 0. The van der Waals surface area contributed by atoms with Gasteiger partial charge in [0.2, 0.25) is 0 Å². The van der Waals surface area contributed by atoms with Crippen molar-refractivity contribution in [1.82, 2.24) is 0 Å². The predicted molar refractivity (Wildman–Crippen MR) is 254 cm³/mol. The predicted octanol–water partition coefficient (Wildman–Crippen LogP) is 16.1. The first-order chi connectivity index (χ1) is 29.3. The number of fused-ring (bicyclic) bond motifs is 6. The number of anilines is 6. The van der Waals surface area contributed by atoms with Crippen LogP contribution in [0, 0.1) is 0 Å². The van der Waals surface area contributed by atoms with Crippen LogP contribution in [0.5, 0.6) is 0 Å². The largest absolute Gasteiger partial charge is 0.310 e. The zero-order valence-electron chi connectivity index (χ0n) is 34.5. The van der Waals surface area contributed by atoms with Crippen molar-refractivity contribution in [1.29, 1.82) is 0 Å². The third-order valence-electron chi connectivity index (χ3n) is 13.2. The van der Waals surface area contributed by atoms with E-state index in [1.165, 1.54) is 83.5 Å². The molecule has 1 aliphatic carbocycles. The van der Waals surface area contributed by atoms with Gasteiger partial charge < -0.3 is 9.80 Å². The minimum Gasteiger partial charge on any atom is -0.310 e. The van der Waals surface area contributed by atoms with Gasteiger partial charge in [0.05, 0.1) is 17.1 Å². The molecule has 0 aromatic heterocycles. The Kier molecular flexibility index (Phi) is 8.22. The summed E-state index contributed by atoms with van der Waals surface area (Å²) in [6, 6.07) is 76.2. The fraction of sp³-hybridized carbons (Fsp3) is 0.103. The van der Waals surface area contributed by atoms with Crippen LogP contribution in [0.2, 0.25) is 0 Å². The third-order valence-corrected chi connectivity index (χ3v) is 13.2. The van der Waals surface area contributed by atoms with Crippen LogP contribution in [0.4, 0.5) is 34.1 Å². The Morgan fingerprint density at radius 1 is 0.350 bits per heavy atom. The molecule has 0 unspecified atom stereocenters. The Labute approximate surface area is 353 Å². The van der Waals surface area contributed by atoms with Gasteiger partial charge in [-0.3, -0.25) is 0 Å². The Morgan fingerprint density at radius 3 is 1.73 bits per heavy atom. The smallest absolute Gasteiger partial charge is 0.0618 e. The van der Waals surface area contributed by atoms with Crippen LogP contribution in [-0.4, -0.2) is 0 Å². The summed E-state index contributed by atoms with van der Waals surface area (Å²) in [4.78, 5) is 5.03.